The van der Waals surface area contributed by atoms with Crippen LogP contribution in [0.15, 0.2) is 28.4 Å². The Hall–Kier alpha value is -2.61. The lowest BCUT2D eigenvalue weighted by Crippen LogP contribution is -2.36. The molecule has 0 saturated carbocycles. The van der Waals surface area contributed by atoms with E-state index in [1.165, 1.54) is 6.92 Å². The number of nitrogens with two attached hydrogens (primary N) is 1. The summed E-state index contributed by atoms with van der Waals surface area (Å²) in [5.74, 6) is -0.0800. The van der Waals surface area contributed by atoms with Crippen molar-refractivity contribution in [2.75, 3.05) is 18.9 Å². The Morgan fingerprint density at radius 2 is 1.65 bits per heavy atom. The number of nitrogens with zero attached hydrogens (tertiary/aromatic N) is 5. The third-order valence-electron chi connectivity index (χ3n) is 7.13. The predicted molar refractivity (Wildman–Crippen MR) is 156 cm³/mol. The number of hydrogen-bond donors (Lipinski definition) is 7. The molecule has 0 aromatic carbocycles. The zero-order chi connectivity index (χ0) is 37.7. The number of rotatable bonds is 14. The van der Waals surface area contributed by atoms with Gasteiger partial charge in [-0.25, -0.2) is 33.2 Å². The largest absolute Gasteiger partial charge is 0.756 e. The summed E-state index contributed by atoms with van der Waals surface area (Å²) >= 11 is 0. The maximum atomic E-state index is 12.8. The highest BCUT2D eigenvalue weighted by atomic mass is 31.3. The number of phosphoric ester groups is 4. The summed E-state index contributed by atoms with van der Waals surface area (Å²) < 4.78 is 83.6. The zero-order valence-electron chi connectivity index (χ0n) is 25.4. The second-order valence-electron chi connectivity index (χ2n) is 10.7. The molecule has 2 unspecified atom stereocenters. The summed E-state index contributed by atoms with van der Waals surface area (Å²) in [7, 11) is -22.6. The molecular formula is C20H27N7O20P4-2. The maximum Gasteiger partial charge on any atom is 0.470 e. The number of hydrogen-bond acceptors (Lipinski definition) is 20. The van der Waals surface area contributed by atoms with Crippen molar-refractivity contribution in [1.82, 2.24) is 29.1 Å². The van der Waals surface area contributed by atoms with Crippen molar-refractivity contribution in [3.8, 4) is 0 Å². The van der Waals surface area contributed by atoms with Crippen LogP contribution in [0.5, 0.6) is 0 Å². The molecule has 0 radical (unpaired) electrons. The normalized spacial score (nSPS) is 28.2. The van der Waals surface area contributed by atoms with Gasteiger partial charge in [-0.05, 0) is 6.92 Å². The van der Waals surface area contributed by atoms with Crippen LogP contribution in [0.3, 0.4) is 0 Å². The summed E-state index contributed by atoms with van der Waals surface area (Å²) in [5.41, 5.74) is 4.00. The van der Waals surface area contributed by atoms with Gasteiger partial charge < -0.3 is 58.7 Å². The van der Waals surface area contributed by atoms with Gasteiger partial charge in [-0.1, -0.05) is 0 Å². The molecule has 27 nitrogen and oxygen atoms in total. The van der Waals surface area contributed by atoms with Crippen molar-refractivity contribution >= 4 is 48.3 Å². The minimum absolute atomic E-state index is 0.0170. The standard InChI is InChI=1S/C20H29N7O20P4/c1-8-3-26(20(30)25-18(8)29)12-2-9(10(43-12)4-41-48(31,32)33)45-51(39,40)47-50(37,38)42-5-11-15(46-49(34,35)36)14(28)19(44-11)27-7-24-13-16(21)22-6-23-17(13)27/h3,6-7,9-12,14-15,19,28H,2,4-5H2,1H3,(H,37,38)(H,39,40)(H2,21,22,23)(H,25,29,30)(H2,31,32,33)(H2,34,35,36)/p-2/t9-,10+,11+,12+,14+,15+,19+/m0/s1. The monoisotopic (exact) mass is 809 g/mol. The number of imidazole rings is 1. The fourth-order valence-corrected chi connectivity index (χ4v) is 8.15. The van der Waals surface area contributed by atoms with E-state index in [1.54, 1.807) is 0 Å². The summed E-state index contributed by atoms with van der Waals surface area (Å²) in [4.78, 5) is 100. The zero-order valence-corrected chi connectivity index (χ0v) is 28.9. The first-order chi connectivity index (χ1) is 23.5. The highest BCUT2D eigenvalue weighted by Crippen LogP contribution is 2.58. The third kappa shape index (κ3) is 9.69. The van der Waals surface area contributed by atoms with Crippen LogP contribution >= 0.6 is 31.3 Å². The molecule has 5 heterocycles. The van der Waals surface area contributed by atoms with Gasteiger partial charge in [0.2, 0.25) is 0 Å². The number of aryl methyl sites for hydroxylation is 1. The molecule has 2 saturated heterocycles. The minimum atomic E-state index is -6.03. The molecule has 31 heteroatoms. The summed E-state index contributed by atoms with van der Waals surface area (Å²) in [6, 6.07) is 0. The molecule has 2 aliphatic heterocycles. The quantitative estimate of drug-likeness (QED) is 0.0786. The van der Waals surface area contributed by atoms with Crippen molar-refractivity contribution in [3.05, 3.63) is 45.3 Å². The number of fused-ring (bicyclic) bond motifs is 1. The van der Waals surface area contributed by atoms with Gasteiger partial charge >= 0.3 is 21.3 Å². The lowest BCUT2D eigenvalue weighted by Gasteiger charge is -2.33. The number of aliphatic hydroxyl groups excluding tert-OH is 1. The molecule has 2 aliphatic rings. The molecule has 5 rings (SSSR count). The molecule has 0 bridgehead atoms. The number of ether oxygens (including phenoxy) is 2. The van der Waals surface area contributed by atoms with Crippen molar-refractivity contribution < 1.29 is 84.6 Å². The second kappa shape index (κ2) is 14.7. The van der Waals surface area contributed by atoms with E-state index in [0.717, 1.165) is 28.0 Å². The molecule has 284 valence electrons. The van der Waals surface area contributed by atoms with Crippen LogP contribution < -0.4 is 26.8 Å². The Balaban J connectivity index is 1.30. The van der Waals surface area contributed by atoms with Gasteiger partial charge in [-0.15, -0.1) is 0 Å². The Bertz CT molecular complexity index is 2080. The van der Waals surface area contributed by atoms with E-state index in [1.807, 2.05) is 4.98 Å². The number of nitrogens with one attached hydrogen (secondary N) is 1. The van der Waals surface area contributed by atoms with Gasteiger partial charge in [0.1, 0.15) is 42.5 Å². The van der Waals surface area contributed by atoms with Crippen molar-refractivity contribution in [3.63, 3.8) is 0 Å². The van der Waals surface area contributed by atoms with Crippen molar-refractivity contribution in [1.29, 1.82) is 0 Å². The Kier molecular flexibility index (Phi) is 11.4. The molecule has 8 N–H and O–H groups in total. The fraction of sp³-hybridized carbons (Fsp3) is 0.550. The van der Waals surface area contributed by atoms with Gasteiger partial charge in [0.25, 0.3) is 21.2 Å². The first kappa shape index (κ1) is 39.6. The van der Waals surface area contributed by atoms with Crippen LogP contribution in [0.2, 0.25) is 0 Å². The predicted octanol–water partition coefficient (Wildman–Crippen LogP) is -3.24. The Morgan fingerprint density at radius 3 is 2.31 bits per heavy atom. The number of aliphatic hydroxyl groups is 1. The number of nitrogen functional groups attached to an aromatic ring is 1. The molecule has 0 amide bonds. The SMILES string of the molecule is Cc1cn([C@H]2C[C@H](OP(=O)([O-])OP(=O)([O-])OC[C@H]3O[C@@H](n4cnc5c(N)ncnc54)[C@H](O)[C@@H]3OP(=O)(O)O)[C@@H](COP(=O)(O)O)O2)c(=O)[nH]c1=O. The van der Waals surface area contributed by atoms with Crippen molar-refractivity contribution in [2.45, 2.75) is 56.3 Å². The van der Waals surface area contributed by atoms with E-state index >= 15 is 0 Å². The Labute approximate surface area is 282 Å². The van der Waals surface area contributed by atoms with Gasteiger partial charge in [0.15, 0.2) is 17.7 Å². The molecule has 2 fully saturated rings. The van der Waals surface area contributed by atoms with E-state index in [9.17, 15) is 52.5 Å². The first-order valence-electron chi connectivity index (χ1n) is 13.9. The van der Waals surface area contributed by atoms with E-state index in [4.69, 9.17) is 29.5 Å². The minimum Gasteiger partial charge on any atom is -0.756 e. The van der Waals surface area contributed by atoms with E-state index in [-0.39, 0.29) is 22.5 Å². The van der Waals surface area contributed by atoms with Gasteiger partial charge in [0, 0.05) is 18.2 Å². The van der Waals surface area contributed by atoms with Crippen molar-refractivity contribution in [2.24, 2.45) is 0 Å². The lowest BCUT2D eigenvalue weighted by atomic mass is 10.1. The molecule has 0 aliphatic carbocycles. The molecular weight excluding hydrogens is 782 g/mol. The molecule has 51 heavy (non-hydrogen) atoms. The molecule has 3 aromatic rings. The van der Waals surface area contributed by atoms with E-state index in [2.05, 4.69) is 32.8 Å². The van der Waals surface area contributed by atoms with Crippen LogP contribution in [-0.2, 0) is 50.1 Å². The highest BCUT2D eigenvalue weighted by molar-refractivity contribution is 7.59. The van der Waals surface area contributed by atoms with Crippen LogP contribution in [0, 0.1) is 6.92 Å². The molecule has 3 aromatic heterocycles. The van der Waals surface area contributed by atoms with Crippen LogP contribution in [0.4, 0.5) is 5.82 Å². The highest BCUT2D eigenvalue weighted by Gasteiger charge is 2.49. The molecule has 0 spiro atoms. The van der Waals surface area contributed by atoms with Gasteiger partial charge in [0.05, 0.1) is 25.6 Å². The number of phosphoric acid groups is 4. The van der Waals surface area contributed by atoms with Gasteiger partial charge in [-0.2, -0.15) is 0 Å². The lowest BCUT2D eigenvalue weighted by molar-refractivity contribution is -0.248. The topological polar surface area (TPSA) is 405 Å². The van der Waals surface area contributed by atoms with Crippen LogP contribution in [0.25, 0.3) is 11.2 Å². The second-order valence-corrected chi connectivity index (χ2v) is 16.1. The summed E-state index contributed by atoms with van der Waals surface area (Å²) in [6.45, 7) is -0.993. The van der Waals surface area contributed by atoms with Gasteiger partial charge in [-0.3, -0.25) is 37.1 Å². The van der Waals surface area contributed by atoms with Crippen LogP contribution in [0.1, 0.15) is 24.4 Å². The van der Waals surface area contributed by atoms with E-state index < -0.39 is 105 Å². The number of anilines is 1. The fourth-order valence-electron chi connectivity index (χ4n) is 5.03. The van der Waals surface area contributed by atoms with E-state index in [0.29, 0.717) is 0 Å². The van der Waals surface area contributed by atoms with Crippen LogP contribution in [-0.4, -0.2) is 97.5 Å². The average Bonchev–Trinajstić information content (AvgIpc) is 3.67. The maximum absolute atomic E-state index is 12.8. The first-order valence-corrected chi connectivity index (χ1v) is 19.8. The molecule has 9 atom stereocenters. The Morgan fingerprint density at radius 1 is 0.961 bits per heavy atom. The summed E-state index contributed by atoms with van der Waals surface area (Å²) in [5, 5.41) is 10.9. The number of aromatic nitrogens is 6. The number of H-pyrrole nitrogens is 1. The number of aromatic amines is 1. The summed E-state index contributed by atoms with van der Waals surface area (Å²) in [6.07, 6.45) is -9.81. The smallest absolute Gasteiger partial charge is 0.470 e. The average molecular weight is 809 g/mol. The third-order valence-corrected chi connectivity index (χ3v) is 10.7.